The Labute approximate surface area is 149 Å². The van der Waals surface area contributed by atoms with Crippen molar-refractivity contribution in [2.24, 2.45) is 0 Å². The average Bonchev–Trinajstić information content (AvgIpc) is 3.26. The predicted molar refractivity (Wildman–Crippen MR) is 95.9 cm³/mol. The number of imidazole rings is 1. The van der Waals surface area contributed by atoms with Gasteiger partial charge in [0.2, 0.25) is 5.91 Å². The van der Waals surface area contributed by atoms with Crippen molar-refractivity contribution in [1.29, 1.82) is 0 Å². The second kappa shape index (κ2) is 7.73. The second-order valence-corrected chi connectivity index (χ2v) is 5.68. The number of carbonyl (C=O) groups excluding carboxylic acids is 2. The second-order valence-electron chi connectivity index (χ2n) is 5.68. The Morgan fingerprint density at radius 3 is 2.35 bits per heavy atom. The number of fused-ring (bicyclic) bond motifs is 1. The summed E-state index contributed by atoms with van der Waals surface area (Å²) in [5.74, 6) is -0.417. The van der Waals surface area contributed by atoms with Crippen LogP contribution in [0.1, 0.15) is 17.5 Å². The van der Waals surface area contributed by atoms with Crippen molar-refractivity contribution < 1.29 is 14.0 Å². The van der Waals surface area contributed by atoms with E-state index in [0.717, 1.165) is 11.0 Å². The van der Waals surface area contributed by atoms with E-state index in [4.69, 9.17) is 4.42 Å². The SMILES string of the molecule is CCn1c(=O)n(CC(=O)NCCNC(=O)c2ccco2)c2ccccc21. The van der Waals surface area contributed by atoms with Crippen LogP contribution in [0.4, 0.5) is 0 Å². The molecule has 0 fully saturated rings. The van der Waals surface area contributed by atoms with Gasteiger partial charge >= 0.3 is 5.69 Å². The normalized spacial score (nSPS) is 10.8. The highest BCUT2D eigenvalue weighted by atomic mass is 16.3. The Bertz CT molecular complexity index is 969. The summed E-state index contributed by atoms with van der Waals surface area (Å²) in [5.41, 5.74) is 1.31. The smallest absolute Gasteiger partial charge is 0.329 e. The van der Waals surface area contributed by atoms with Crippen molar-refractivity contribution in [1.82, 2.24) is 19.8 Å². The van der Waals surface area contributed by atoms with Crippen LogP contribution in [0.25, 0.3) is 11.0 Å². The highest BCUT2D eigenvalue weighted by molar-refractivity contribution is 5.91. The van der Waals surface area contributed by atoms with E-state index >= 15 is 0 Å². The van der Waals surface area contributed by atoms with Gasteiger partial charge in [-0.3, -0.25) is 18.7 Å². The maximum atomic E-state index is 12.5. The number of amides is 2. The van der Waals surface area contributed by atoms with Crippen LogP contribution in [-0.4, -0.2) is 34.0 Å². The van der Waals surface area contributed by atoms with Crippen LogP contribution in [0.3, 0.4) is 0 Å². The molecule has 0 aliphatic carbocycles. The summed E-state index contributed by atoms with van der Waals surface area (Å²) >= 11 is 0. The number of nitrogens with one attached hydrogen (secondary N) is 2. The van der Waals surface area contributed by atoms with E-state index < -0.39 is 0 Å². The summed E-state index contributed by atoms with van der Waals surface area (Å²) in [5, 5.41) is 5.34. The van der Waals surface area contributed by atoms with Crippen LogP contribution >= 0.6 is 0 Å². The molecule has 0 unspecified atom stereocenters. The van der Waals surface area contributed by atoms with Crippen molar-refractivity contribution in [2.75, 3.05) is 13.1 Å². The monoisotopic (exact) mass is 356 g/mol. The minimum Gasteiger partial charge on any atom is -0.459 e. The molecule has 26 heavy (non-hydrogen) atoms. The Morgan fingerprint density at radius 2 is 1.69 bits per heavy atom. The lowest BCUT2D eigenvalue weighted by Gasteiger charge is -2.07. The number of para-hydroxylation sites is 2. The molecule has 2 heterocycles. The van der Waals surface area contributed by atoms with Gasteiger partial charge in [-0.15, -0.1) is 0 Å². The Hall–Kier alpha value is -3.29. The maximum absolute atomic E-state index is 12.5. The molecule has 2 aromatic heterocycles. The molecule has 1 aromatic carbocycles. The summed E-state index contributed by atoms with van der Waals surface area (Å²) in [6.45, 7) is 2.87. The molecule has 0 saturated heterocycles. The lowest BCUT2D eigenvalue weighted by molar-refractivity contribution is -0.121. The lowest BCUT2D eigenvalue weighted by Crippen LogP contribution is -2.37. The molecular weight excluding hydrogens is 336 g/mol. The Balaban J connectivity index is 1.57. The van der Waals surface area contributed by atoms with Crippen LogP contribution in [0.2, 0.25) is 0 Å². The van der Waals surface area contributed by atoms with Gasteiger partial charge in [-0.25, -0.2) is 4.79 Å². The number of aromatic nitrogens is 2. The molecule has 0 radical (unpaired) electrons. The standard InChI is InChI=1S/C18H20N4O4/c1-2-21-13-6-3-4-7-14(13)22(18(21)25)12-16(23)19-9-10-20-17(24)15-8-5-11-26-15/h3-8,11H,2,9-10,12H2,1H3,(H,19,23)(H,20,24). The number of rotatable bonds is 7. The van der Waals surface area contributed by atoms with E-state index in [2.05, 4.69) is 10.6 Å². The minimum atomic E-state index is -0.341. The molecule has 2 N–H and O–H groups in total. The highest BCUT2D eigenvalue weighted by Crippen LogP contribution is 2.12. The van der Waals surface area contributed by atoms with Crippen LogP contribution in [0, 0.1) is 0 Å². The van der Waals surface area contributed by atoms with Crippen molar-refractivity contribution in [3.63, 3.8) is 0 Å². The summed E-state index contributed by atoms with van der Waals surface area (Å²) in [6, 6.07) is 10.6. The average molecular weight is 356 g/mol. The number of hydrogen-bond acceptors (Lipinski definition) is 4. The third kappa shape index (κ3) is 3.53. The summed E-state index contributed by atoms with van der Waals surface area (Å²) in [6.07, 6.45) is 1.42. The highest BCUT2D eigenvalue weighted by Gasteiger charge is 2.14. The molecule has 136 valence electrons. The molecule has 3 rings (SSSR count). The first-order valence-electron chi connectivity index (χ1n) is 8.38. The third-order valence-electron chi connectivity index (χ3n) is 4.02. The van der Waals surface area contributed by atoms with Gasteiger partial charge in [-0.05, 0) is 31.2 Å². The summed E-state index contributed by atoms with van der Waals surface area (Å²) < 4.78 is 8.06. The van der Waals surface area contributed by atoms with E-state index in [1.807, 2.05) is 31.2 Å². The fourth-order valence-electron chi connectivity index (χ4n) is 2.80. The van der Waals surface area contributed by atoms with E-state index in [9.17, 15) is 14.4 Å². The van der Waals surface area contributed by atoms with Gasteiger partial charge in [-0.1, -0.05) is 12.1 Å². The number of aryl methyl sites for hydroxylation is 1. The molecule has 0 saturated carbocycles. The number of carbonyl (C=O) groups is 2. The first-order chi connectivity index (χ1) is 12.6. The number of benzene rings is 1. The molecular formula is C18H20N4O4. The molecule has 2 amide bonds. The van der Waals surface area contributed by atoms with Crippen molar-refractivity contribution >= 4 is 22.8 Å². The molecule has 0 atom stereocenters. The summed E-state index contributed by atoms with van der Waals surface area (Å²) in [4.78, 5) is 36.4. The van der Waals surface area contributed by atoms with Gasteiger partial charge in [0, 0.05) is 19.6 Å². The van der Waals surface area contributed by atoms with Crippen molar-refractivity contribution in [2.45, 2.75) is 20.0 Å². The minimum absolute atomic E-state index is 0.0710. The first-order valence-corrected chi connectivity index (χ1v) is 8.38. The number of nitrogens with zero attached hydrogens (tertiary/aromatic N) is 2. The molecule has 0 spiro atoms. The van der Waals surface area contributed by atoms with Crippen LogP contribution in [-0.2, 0) is 17.9 Å². The van der Waals surface area contributed by atoms with Gasteiger partial charge in [-0.2, -0.15) is 0 Å². The zero-order valence-electron chi connectivity index (χ0n) is 14.4. The first kappa shape index (κ1) is 17.5. The number of furan rings is 1. The van der Waals surface area contributed by atoms with Gasteiger partial charge < -0.3 is 15.1 Å². The predicted octanol–water partition coefficient (Wildman–Crippen LogP) is 0.962. The topological polar surface area (TPSA) is 98.3 Å². The van der Waals surface area contributed by atoms with E-state index in [1.165, 1.54) is 10.8 Å². The van der Waals surface area contributed by atoms with Gasteiger partial charge in [0.05, 0.1) is 17.3 Å². The molecule has 8 heteroatoms. The third-order valence-corrected chi connectivity index (χ3v) is 4.02. The maximum Gasteiger partial charge on any atom is 0.329 e. The zero-order valence-corrected chi connectivity index (χ0v) is 14.4. The molecule has 0 aliphatic rings. The van der Waals surface area contributed by atoms with Gasteiger partial charge in [0.15, 0.2) is 5.76 Å². The summed E-state index contributed by atoms with van der Waals surface area (Å²) in [7, 11) is 0. The van der Waals surface area contributed by atoms with Gasteiger partial charge in [0.25, 0.3) is 5.91 Å². The van der Waals surface area contributed by atoms with E-state index in [0.29, 0.717) is 6.54 Å². The zero-order chi connectivity index (χ0) is 18.5. The van der Waals surface area contributed by atoms with E-state index in [-0.39, 0.29) is 42.9 Å². The lowest BCUT2D eigenvalue weighted by atomic mass is 10.3. The largest absolute Gasteiger partial charge is 0.459 e. The van der Waals surface area contributed by atoms with Crippen LogP contribution in [0.15, 0.2) is 51.9 Å². The Morgan fingerprint density at radius 1 is 1.00 bits per heavy atom. The van der Waals surface area contributed by atoms with E-state index in [1.54, 1.807) is 16.7 Å². The fourth-order valence-corrected chi connectivity index (χ4v) is 2.80. The van der Waals surface area contributed by atoms with Crippen LogP contribution in [0.5, 0.6) is 0 Å². The number of hydrogen-bond donors (Lipinski definition) is 2. The molecule has 0 aliphatic heterocycles. The van der Waals surface area contributed by atoms with Crippen LogP contribution < -0.4 is 16.3 Å². The molecule has 8 nitrogen and oxygen atoms in total. The van der Waals surface area contributed by atoms with Gasteiger partial charge in [0.1, 0.15) is 6.54 Å². The van der Waals surface area contributed by atoms with Crippen molar-refractivity contribution in [3.8, 4) is 0 Å². The molecule has 0 bridgehead atoms. The Kier molecular flexibility index (Phi) is 5.21. The van der Waals surface area contributed by atoms with Crippen molar-refractivity contribution in [3.05, 3.63) is 58.9 Å². The molecule has 3 aromatic rings. The fraction of sp³-hybridized carbons (Fsp3) is 0.278. The quantitative estimate of drug-likeness (QED) is 0.616.